The second kappa shape index (κ2) is 5.99. The Hall–Kier alpha value is -0.420. The van der Waals surface area contributed by atoms with Gasteiger partial charge in [-0.15, -0.1) is 0 Å². The summed E-state index contributed by atoms with van der Waals surface area (Å²) in [4.78, 5) is 2.47. The van der Waals surface area contributed by atoms with Gasteiger partial charge in [0.1, 0.15) is 0 Å². The maximum absolute atomic E-state index is 6.34. The van der Waals surface area contributed by atoms with E-state index < -0.39 is 0 Å². The SMILES string of the molecule is CC(N)C(c1ccccc1Br)N1CC(C)(C)OC(C)(C)C1. The maximum atomic E-state index is 6.34. The van der Waals surface area contributed by atoms with Gasteiger partial charge in [0.05, 0.1) is 17.2 Å². The van der Waals surface area contributed by atoms with E-state index in [1.165, 1.54) is 5.56 Å². The molecule has 2 atom stereocenters. The molecule has 1 aliphatic heterocycles. The topological polar surface area (TPSA) is 38.5 Å². The molecule has 0 amide bonds. The number of rotatable bonds is 3. The average Bonchev–Trinajstić information content (AvgIpc) is 2.27. The van der Waals surface area contributed by atoms with Gasteiger partial charge in [0.25, 0.3) is 0 Å². The van der Waals surface area contributed by atoms with Crippen molar-refractivity contribution in [2.45, 2.75) is 57.9 Å². The van der Waals surface area contributed by atoms with Gasteiger partial charge >= 0.3 is 0 Å². The quantitative estimate of drug-likeness (QED) is 0.898. The minimum atomic E-state index is -0.170. The van der Waals surface area contributed by atoms with Crippen LogP contribution in [0.15, 0.2) is 28.7 Å². The molecule has 0 spiro atoms. The number of halogens is 1. The first-order valence-electron chi connectivity index (χ1n) is 7.56. The van der Waals surface area contributed by atoms with Crippen molar-refractivity contribution in [3.05, 3.63) is 34.3 Å². The summed E-state index contributed by atoms with van der Waals surface area (Å²) < 4.78 is 7.31. The highest BCUT2D eigenvalue weighted by Gasteiger charge is 2.41. The Labute approximate surface area is 137 Å². The normalized spacial score (nSPS) is 24.5. The van der Waals surface area contributed by atoms with E-state index in [1.807, 2.05) is 6.07 Å². The number of nitrogens with two attached hydrogens (primary N) is 1. The van der Waals surface area contributed by atoms with Crippen LogP contribution < -0.4 is 5.73 Å². The van der Waals surface area contributed by atoms with Crippen LogP contribution >= 0.6 is 15.9 Å². The fourth-order valence-corrected chi connectivity index (χ4v) is 4.09. The van der Waals surface area contributed by atoms with E-state index in [2.05, 4.69) is 73.6 Å². The third kappa shape index (κ3) is 4.07. The van der Waals surface area contributed by atoms with Gasteiger partial charge in [-0.1, -0.05) is 34.1 Å². The lowest BCUT2D eigenvalue weighted by atomic mass is 9.92. The molecule has 0 saturated carbocycles. The van der Waals surface area contributed by atoms with E-state index in [1.54, 1.807) is 0 Å². The highest BCUT2D eigenvalue weighted by Crippen LogP contribution is 2.36. The molecular weight excluding hydrogens is 328 g/mol. The molecule has 2 unspecified atom stereocenters. The lowest BCUT2D eigenvalue weighted by Crippen LogP contribution is -2.59. The van der Waals surface area contributed by atoms with Gasteiger partial charge in [0.2, 0.25) is 0 Å². The van der Waals surface area contributed by atoms with Crippen molar-refractivity contribution in [1.82, 2.24) is 4.90 Å². The van der Waals surface area contributed by atoms with Gasteiger partial charge in [0.15, 0.2) is 0 Å². The van der Waals surface area contributed by atoms with E-state index in [4.69, 9.17) is 10.5 Å². The number of hydrogen-bond donors (Lipinski definition) is 1. The molecule has 1 aliphatic rings. The Morgan fingerprint density at radius 2 is 1.67 bits per heavy atom. The highest BCUT2D eigenvalue weighted by molar-refractivity contribution is 9.10. The molecule has 0 aliphatic carbocycles. The molecule has 4 heteroatoms. The van der Waals surface area contributed by atoms with Crippen molar-refractivity contribution in [2.24, 2.45) is 5.73 Å². The second-order valence-electron chi connectivity index (χ2n) is 7.35. The lowest BCUT2D eigenvalue weighted by molar-refractivity contribution is -0.189. The first kappa shape index (κ1) is 16.9. The molecule has 1 heterocycles. The zero-order valence-electron chi connectivity index (χ0n) is 13.7. The van der Waals surface area contributed by atoms with Gasteiger partial charge < -0.3 is 10.5 Å². The van der Waals surface area contributed by atoms with Crippen LogP contribution in [0, 0.1) is 0 Å². The van der Waals surface area contributed by atoms with Crippen LogP contribution in [-0.4, -0.2) is 35.2 Å². The molecular formula is C17H27BrN2O. The minimum Gasteiger partial charge on any atom is -0.367 e. The van der Waals surface area contributed by atoms with Crippen molar-refractivity contribution in [3.8, 4) is 0 Å². The Kier molecular flexibility index (Phi) is 4.84. The van der Waals surface area contributed by atoms with E-state index >= 15 is 0 Å². The summed E-state index contributed by atoms with van der Waals surface area (Å²) in [6.45, 7) is 12.4. The number of morpholine rings is 1. The van der Waals surface area contributed by atoms with Crippen LogP contribution in [0.4, 0.5) is 0 Å². The molecule has 3 nitrogen and oxygen atoms in total. The van der Waals surface area contributed by atoms with E-state index in [-0.39, 0.29) is 23.3 Å². The van der Waals surface area contributed by atoms with Crippen LogP contribution in [0.3, 0.4) is 0 Å². The Bertz CT molecular complexity index is 483. The van der Waals surface area contributed by atoms with Crippen molar-refractivity contribution in [2.75, 3.05) is 13.1 Å². The number of ether oxygens (including phenoxy) is 1. The van der Waals surface area contributed by atoms with Crippen LogP contribution in [-0.2, 0) is 4.74 Å². The molecule has 0 radical (unpaired) electrons. The largest absolute Gasteiger partial charge is 0.367 e. The molecule has 118 valence electrons. The molecule has 0 bridgehead atoms. The van der Waals surface area contributed by atoms with Gasteiger partial charge in [-0.05, 0) is 46.2 Å². The molecule has 1 saturated heterocycles. The third-order valence-electron chi connectivity index (χ3n) is 3.84. The lowest BCUT2D eigenvalue weighted by Gasteiger charge is -2.50. The molecule has 2 rings (SSSR count). The maximum Gasteiger partial charge on any atom is 0.0761 e. The average molecular weight is 355 g/mol. The number of hydrogen-bond acceptors (Lipinski definition) is 3. The van der Waals surface area contributed by atoms with Gasteiger partial charge in [-0.25, -0.2) is 0 Å². The van der Waals surface area contributed by atoms with Crippen molar-refractivity contribution in [3.63, 3.8) is 0 Å². The van der Waals surface area contributed by atoms with E-state index in [0.717, 1.165) is 17.6 Å². The Morgan fingerprint density at radius 1 is 1.14 bits per heavy atom. The summed E-state index contributed by atoms with van der Waals surface area (Å²) in [5.41, 5.74) is 7.25. The van der Waals surface area contributed by atoms with Crippen LogP contribution in [0.25, 0.3) is 0 Å². The predicted molar refractivity (Wildman–Crippen MR) is 91.3 cm³/mol. The van der Waals surface area contributed by atoms with E-state index in [9.17, 15) is 0 Å². The van der Waals surface area contributed by atoms with Crippen molar-refractivity contribution >= 4 is 15.9 Å². The zero-order valence-corrected chi connectivity index (χ0v) is 15.3. The standard InChI is InChI=1S/C17H27BrN2O/c1-12(19)15(13-8-6-7-9-14(13)18)20-10-16(2,3)21-17(4,5)11-20/h6-9,12,15H,10-11,19H2,1-5H3. The monoisotopic (exact) mass is 354 g/mol. The van der Waals surface area contributed by atoms with Crippen LogP contribution in [0.5, 0.6) is 0 Å². The third-order valence-corrected chi connectivity index (χ3v) is 4.56. The van der Waals surface area contributed by atoms with E-state index in [0.29, 0.717) is 0 Å². The molecule has 0 aromatic heterocycles. The van der Waals surface area contributed by atoms with Crippen molar-refractivity contribution in [1.29, 1.82) is 0 Å². The number of benzene rings is 1. The second-order valence-corrected chi connectivity index (χ2v) is 8.21. The first-order chi connectivity index (χ1) is 9.61. The molecule has 21 heavy (non-hydrogen) atoms. The van der Waals surface area contributed by atoms with Gasteiger partial charge in [0, 0.05) is 23.6 Å². The summed E-state index contributed by atoms with van der Waals surface area (Å²) in [5.74, 6) is 0. The zero-order chi connectivity index (χ0) is 15.8. The van der Waals surface area contributed by atoms with Crippen LogP contribution in [0.1, 0.15) is 46.2 Å². The molecule has 1 fully saturated rings. The Balaban J connectivity index is 2.37. The van der Waals surface area contributed by atoms with Gasteiger partial charge in [-0.2, -0.15) is 0 Å². The summed E-state index contributed by atoms with van der Waals surface area (Å²) in [6.07, 6.45) is 0. The number of nitrogens with zero attached hydrogens (tertiary/aromatic N) is 1. The predicted octanol–water partition coefficient (Wildman–Crippen LogP) is 3.73. The summed E-state index contributed by atoms with van der Waals surface area (Å²) in [6, 6.07) is 8.59. The van der Waals surface area contributed by atoms with Crippen LogP contribution in [0.2, 0.25) is 0 Å². The summed E-state index contributed by atoms with van der Waals surface area (Å²) in [7, 11) is 0. The fraction of sp³-hybridized carbons (Fsp3) is 0.647. The smallest absolute Gasteiger partial charge is 0.0761 e. The molecule has 1 aromatic carbocycles. The summed E-state index contributed by atoms with van der Waals surface area (Å²) >= 11 is 3.68. The van der Waals surface area contributed by atoms with Crippen molar-refractivity contribution < 1.29 is 4.74 Å². The minimum absolute atomic E-state index is 0.0494. The summed E-state index contributed by atoms with van der Waals surface area (Å²) in [5, 5.41) is 0. The van der Waals surface area contributed by atoms with Gasteiger partial charge in [-0.3, -0.25) is 4.90 Å². The molecule has 1 aromatic rings. The fourth-order valence-electron chi connectivity index (χ4n) is 3.57. The molecule has 2 N–H and O–H groups in total. The highest BCUT2D eigenvalue weighted by atomic mass is 79.9. The first-order valence-corrected chi connectivity index (χ1v) is 8.35. The Morgan fingerprint density at radius 3 is 2.14 bits per heavy atom.